The summed E-state index contributed by atoms with van der Waals surface area (Å²) in [4.78, 5) is 53.7. The first-order valence-electron chi connectivity index (χ1n) is 22.0. The van der Waals surface area contributed by atoms with Gasteiger partial charge in [0.2, 0.25) is 33.8 Å². The number of nitrogens with zero attached hydrogens (tertiary/aromatic N) is 3. The summed E-state index contributed by atoms with van der Waals surface area (Å²) in [6.45, 7) is 8.38. The summed E-state index contributed by atoms with van der Waals surface area (Å²) >= 11 is 0. The Morgan fingerprint density at radius 1 is 1.03 bits per heavy atom. The number of benzene rings is 1. The minimum atomic E-state index is -4.85. The first kappa shape index (κ1) is 46.9. The predicted octanol–water partition coefficient (Wildman–Crippen LogP) is 6.59. The molecule has 63 heavy (non-hydrogen) atoms. The summed E-state index contributed by atoms with van der Waals surface area (Å²) in [5, 5.41) is 5.25. The Balaban J connectivity index is 1.28. The Morgan fingerprint density at radius 2 is 1.75 bits per heavy atom. The highest BCUT2D eigenvalue weighted by molar-refractivity contribution is 7.91. The van der Waals surface area contributed by atoms with E-state index in [4.69, 9.17) is 24.2 Å². The van der Waals surface area contributed by atoms with Crippen molar-refractivity contribution >= 4 is 39.0 Å². The summed E-state index contributed by atoms with van der Waals surface area (Å²) in [7, 11) is -2.76. The molecule has 3 saturated carbocycles. The van der Waals surface area contributed by atoms with Gasteiger partial charge in [0.05, 0.1) is 34.8 Å². The van der Waals surface area contributed by atoms with Gasteiger partial charge < -0.3 is 24.8 Å². The van der Waals surface area contributed by atoms with Gasteiger partial charge in [-0.3, -0.25) is 19.2 Å². The van der Waals surface area contributed by atoms with Gasteiger partial charge >= 0.3 is 12.3 Å². The van der Waals surface area contributed by atoms with Crippen molar-refractivity contribution in [3.8, 4) is 11.6 Å². The maximum absolute atomic E-state index is 15.1. The van der Waals surface area contributed by atoms with E-state index in [9.17, 15) is 31.6 Å². The minimum absolute atomic E-state index is 0.00403. The second kappa shape index (κ2) is 17.1. The number of rotatable bonds is 8. The van der Waals surface area contributed by atoms with Crippen molar-refractivity contribution in [2.24, 2.45) is 23.2 Å². The molecule has 0 radical (unpaired) electrons. The number of hydrogen-bond donors (Lipinski definition) is 3. The van der Waals surface area contributed by atoms with E-state index in [-0.39, 0.29) is 63.9 Å². The Bertz CT molecular complexity index is 2190. The lowest BCUT2D eigenvalue weighted by Gasteiger charge is -2.40. The van der Waals surface area contributed by atoms with Gasteiger partial charge in [0.15, 0.2) is 0 Å². The molecule has 1 saturated heterocycles. The Kier molecular flexibility index (Phi) is 12.7. The van der Waals surface area contributed by atoms with Crippen LogP contribution in [0.3, 0.4) is 0 Å². The SMILES string of the molecule is CC[C@@H]1[C@@H]2C[N@](C[C@H](C(C)(C)C)NC(=O)O[C@]3(C(F)(F)F)CCC[C@H]3CCCCCc3nc4ccc(OC)cc4nc3O2)[C@@H]1C(=O)N[C@]1(C(=O)NS(=O)(=O)C2(C)CC2)C[C@H]1C(F)F. The Morgan fingerprint density at radius 3 is 2.37 bits per heavy atom. The number of fused-ring (bicyclic) bond motifs is 5. The summed E-state index contributed by atoms with van der Waals surface area (Å²) in [6.07, 6.45) is -7.57. The Labute approximate surface area is 364 Å². The highest BCUT2D eigenvalue weighted by Crippen LogP contribution is 2.52. The Hall–Kier alpha value is -4.07. The van der Waals surface area contributed by atoms with E-state index in [0.717, 1.165) is 0 Å². The molecule has 2 bridgehead atoms. The predicted molar refractivity (Wildman–Crippen MR) is 220 cm³/mol. The van der Waals surface area contributed by atoms with Crippen LogP contribution < -0.4 is 24.8 Å². The quantitative estimate of drug-likeness (QED) is 0.244. The maximum atomic E-state index is 15.1. The molecule has 3 amide bonds. The molecule has 2 aliphatic heterocycles. The summed E-state index contributed by atoms with van der Waals surface area (Å²) in [5.74, 6) is -4.77. The molecule has 14 nitrogen and oxygen atoms in total. The summed E-state index contributed by atoms with van der Waals surface area (Å²) in [5.41, 5.74) is -4.28. The number of alkyl halides is 5. The lowest BCUT2D eigenvalue weighted by atomic mass is 9.85. The molecular weight excluding hydrogens is 856 g/mol. The molecule has 3 N–H and O–H groups in total. The lowest BCUT2D eigenvalue weighted by Crippen LogP contribution is -2.60. The van der Waals surface area contributed by atoms with Crippen LogP contribution in [-0.4, -0.2) is 108 Å². The second-order valence-electron chi connectivity index (χ2n) is 19.5. The number of sulfonamides is 1. The number of carbonyl (C=O) groups excluding carboxylic acids is 3. The van der Waals surface area contributed by atoms with Crippen molar-refractivity contribution in [1.82, 2.24) is 30.2 Å². The number of nitrogens with one attached hydrogen (secondary N) is 3. The first-order valence-corrected chi connectivity index (χ1v) is 23.4. The second-order valence-corrected chi connectivity index (χ2v) is 21.7. The third-order valence-corrected chi connectivity index (χ3v) is 16.4. The molecule has 7 rings (SSSR count). The van der Waals surface area contributed by atoms with Gasteiger partial charge in [-0.1, -0.05) is 40.5 Å². The van der Waals surface area contributed by atoms with Crippen LogP contribution in [-0.2, 0) is 30.8 Å². The van der Waals surface area contributed by atoms with Gasteiger partial charge in [-0.25, -0.2) is 32.0 Å². The molecular formula is C43H59F5N6O8S. The van der Waals surface area contributed by atoms with Crippen molar-refractivity contribution in [3.05, 3.63) is 23.9 Å². The van der Waals surface area contributed by atoms with Crippen LogP contribution in [0.4, 0.5) is 26.7 Å². The highest BCUT2D eigenvalue weighted by atomic mass is 32.2. The number of aryl methyl sites for hydroxylation is 1. The van der Waals surface area contributed by atoms with E-state index in [1.54, 1.807) is 50.8 Å². The van der Waals surface area contributed by atoms with Crippen LogP contribution in [0.2, 0.25) is 0 Å². The normalized spacial score (nSPS) is 32.5. The minimum Gasteiger partial charge on any atom is -0.497 e. The van der Waals surface area contributed by atoms with Gasteiger partial charge in [-0.15, -0.1) is 0 Å². The first-order chi connectivity index (χ1) is 29.5. The molecule has 9 atom stereocenters. The fourth-order valence-corrected chi connectivity index (χ4v) is 11.1. The summed E-state index contributed by atoms with van der Waals surface area (Å²) in [6, 6.07) is 3.03. The fraction of sp³-hybridized carbons (Fsp3) is 0.744. The van der Waals surface area contributed by atoms with Crippen LogP contribution in [0, 0.1) is 23.2 Å². The molecule has 20 heteroatoms. The third-order valence-electron chi connectivity index (χ3n) is 14.2. The molecule has 0 spiro atoms. The van der Waals surface area contributed by atoms with Crippen LogP contribution in [0.15, 0.2) is 18.2 Å². The van der Waals surface area contributed by atoms with E-state index in [0.29, 0.717) is 48.2 Å². The number of alkyl carbamates (subject to hydrolysis) is 1. The smallest absolute Gasteiger partial charge is 0.428 e. The molecule has 2 aromatic rings. The van der Waals surface area contributed by atoms with E-state index in [1.807, 2.05) is 4.72 Å². The standard InChI is InChI=1S/C43H59F5N6O8S/c1-7-26-31-22-54(33(26)35(55)52-41(21-27(41)34(44)45)37(56)53-63(58,59)40(5)18-19-40)23-32(39(2,3)4)51-38(57)62-42(43(46,47)48)17-11-13-24(42)12-9-8-10-14-29-36(61-31)50-30-20-25(60-6)15-16-28(30)49-29/h15-16,20,24,26-27,31-34H,7-14,17-19,21-23H2,1-6H3,(H,51,57)(H,52,55)(H,53,56)/t24-,26-,27+,31+,32-,33+,41-,42-/m1/s1. The average Bonchev–Trinajstić information content (AvgIpc) is 4.05. The molecule has 4 fully saturated rings. The van der Waals surface area contributed by atoms with E-state index < -0.39 is 104 Å². The lowest BCUT2D eigenvalue weighted by molar-refractivity contribution is -0.271. The van der Waals surface area contributed by atoms with Gasteiger partial charge in [0, 0.05) is 37.0 Å². The number of ether oxygens (including phenoxy) is 3. The van der Waals surface area contributed by atoms with Crippen LogP contribution in [0.5, 0.6) is 11.6 Å². The molecule has 3 aliphatic carbocycles. The largest absolute Gasteiger partial charge is 0.497 e. The molecule has 1 aromatic carbocycles. The number of aromatic nitrogens is 2. The maximum Gasteiger partial charge on any atom is 0.428 e. The van der Waals surface area contributed by atoms with Crippen LogP contribution >= 0.6 is 0 Å². The highest BCUT2D eigenvalue weighted by Gasteiger charge is 2.68. The van der Waals surface area contributed by atoms with Crippen molar-refractivity contribution in [1.29, 1.82) is 0 Å². The number of halogens is 5. The van der Waals surface area contributed by atoms with Gasteiger partial charge in [-0.05, 0) is 88.7 Å². The molecule has 3 heterocycles. The monoisotopic (exact) mass is 914 g/mol. The van der Waals surface area contributed by atoms with E-state index in [2.05, 4.69) is 10.6 Å². The van der Waals surface area contributed by atoms with Crippen molar-refractivity contribution in [2.75, 3.05) is 20.2 Å². The number of carbonyl (C=O) groups is 3. The van der Waals surface area contributed by atoms with Crippen molar-refractivity contribution in [2.45, 2.75) is 158 Å². The zero-order valence-corrected chi connectivity index (χ0v) is 37.4. The summed E-state index contributed by atoms with van der Waals surface area (Å²) < 4.78 is 119. The molecule has 5 aliphatic rings. The average molecular weight is 915 g/mol. The zero-order chi connectivity index (χ0) is 45.9. The van der Waals surface area contributed by atoms with Crippen LogP contribution in [0.25, 0.3) is 11.0 Å². The third kappa shape index (κ3) is 9.12. The topological polar surface area (TPSA) is 178 Å². The van der Waals surface area contributed by atoms with Crippen LogP contribution in [0.1, 0.15) is 111 Å². The number of hydrogen-bond acceptors (Lipinski definition) is 11. The van der Waals surface area contributed by atoms with E-state index in [1.165, 1.54) is 14.0 Å². The van der Waals surface area contributed by atoms with Gasteiger partial charge in [-0.2, -0.15) is 13.2 Å². The molecule has 1 aromatic heterocycles. The zero-order valence-electron chi connectivity index (χ0n) is 36.6. The van der Waals surface area contributed by atoms with Gasteiger partial charge in [0.1, 0.15) is 23.1 Å². The van der Waals surface area contributed by atoms with Crippen molar-refractivity contribution in [3.63, 3.8) is 0 Å². The van der Waals surface area contributed by atoms with Crippen molar-refractivity contribution < 1.29 is 59.0 Å². The van der Waals surface area contributed by atoms with E-state index >= 15 is 13.2 Å². The molecule has 350 valence electrons. The number of amides is 3. The fourth-order valence-electron chi connectivity index (χ4n) is 9.78. The van der Waals surface area contributed by atoms with Gasteiger partial charge in [0.25, 0.3) is 5.91 Å². The number of methoxy groups -OCH3 is 1. The molecule has 0 unspecified atom stereocenters.